The Hall–Kier alpha value is -2.77. The predicted octanol–water partition coefficient (Wildman–Crippen LogP) is 6.31. The molecule has 0 radical (unpaired) electrons. The quantitative estimate of drug-likeness (QED) is 0.512. The highest BCUT2D eigenvalue weighted by Gasteiger charge is 2.13. The first-order valence-corrected chi connectivity index (χ1v) is 9.19. The Balaban J connectivity index is 1.88. The van der Waals surface area contributed by atoms with Crippen LogP contribution >= 0.6 is 11.3 Å². The molecule has 3 aromatic rings. The van der Waals surface area contributed by atoms with E-state index < -0.39 is 0 Å². The van der Waals surface area contributed by atoms with Gasteiger partial charge in [0.25, 0.3) is 0 Å². The van der Waals surface area contributed by atoms with E-state index in [4.69, 9.17) is 0 Å². The number of thiazole rings is 1. The maximum absolute atomic E-state index is 13.1. The smallest absolute Gasteiger partial charge is 0.134 e. The number of halogens is 1. The average Bonchev–Trinajstić information content (AvgIpc) is 3.10. The number of hydrogen-bond donors (Lipinski definition) is 0. The molecule has 0 aliphatic carbocycles. The van der Waals surface area contributed by atoms with Gasteiger partial charge in [-0.1, -0.05) is 45.0 Å². The molecular weight excluding hydrogens is 343 g/mol. The molecule has 0 bridgehead atoms. The lowest BCUT2D eigenvalue weighted by Gasteiger charge is -2.18. The first-order chi connectivity index (χ1) is 12.4. The van der Waals surface area contributed by atoms with Crippen molar-refractivity contribution < 1.29 is 4.39 Å². The molecule has 4 heteroatoms. The minimum atomic E-state index is -0.277. The average molecular weight is 362 g/mol. The van der Waals surface area contributed by atoms with E-state index in [1.165, 1.54) is 29.0 Å². The van der Waals surface area contributed by atoms with Gasteiger partial charge in [-0.15, -0.1) is 11.3 Å². The summed E-state index contributed by atoms with van der Waals surface area (Å²) in [4.78, 5) is 4.54. The molecule has 0 unspecified atom stereocenters. The minimum Gasteiger partial charge on any atom is -0.235 e. The van der Waals surface area contributed by atoms with Crippen molar-refractivity contribution in [3.8, 4) is 17.3 Å². The van der Waals surface area contributed by atoms with Gasteiger partial charge in [-0.05, 0) is 46.9 Å². The van der Waals surface area contributed by atoms with Crippen LogP contribution < -0.4 is 0 Å². The number of nitriles is 1. The Bertz CT molecular complexity index is 969. The number of nitrogens with zero attached hydrogens (tertiary/aromatic N) is 2. The largest absolute Gasteiger partial charge is 0.235 e. The van der Waals surface area contributed by atoms with Crippen LogP contribution in [0.15, 0.2) is 53.9 Å². The number of hydrogen-bond acceptors (Lipinski definition) is 3. The fraction of sp³-hybridized carbons (Fsp3) is 0.182. The predicted molar refractivity (Wildman–Crippen MR) is 106 cm³/mol. The highest BCUT2D eigenvalue weighted by Crippen LogP contribution is 2.28. The highest BCUT2D eigenvalue weighted by atomic mass is 32.1. The molecule has 0 aliphatic heterocycles. The molecule has 3 rings (SSSR count). The summed E-state index contributed by atoms with van der Waals surface area (Å²) >= 11 is 1.41. The van der Waals surface area contributed by atoms with Crippen molar-refractivity contribution in [3.05, 3.63) is 75.9 Å². The van der Waals surface area contributed by atoms with E-state index in [2.05, 4.69) is 44.0 Å². The molecule has 0 amide bonds. The minimum absolute atomic E-state index is 0.0969. The van der Waals surface area contributed by atoms with Crippen molar-refractivity contribution in [2.75, 3.05) is 0 Å². The first-order valence-electron chi connectivity index (χ1n) is 8.31. The van der Waals surface area contributed by atoms with Gasteiger partial charge < -0.3 is 0 Å². The number of allylic oxidation sites excluding steroid dienone is 1. The lowest BCUT2D eigenvalue weighted by Crippen LogP contribution is -2.10. The molecule has 1 heterocycles. The molecule has 0 aliphatic rings. The summed E-state index contributed by atoms with van der Waals surface area (Å²) in [7, 11) is 0. The molecule has 1 aromatic heterocycles. The van der Waals surface area contributed by atoms with E-state index in [-0.39, 0.29) is 11.2 Å². The van der Waals surface area contributed by atoms with Gasteiger partial charge in [0.2, 0.25) is 0 Å². The second kappa shape index (κ2) is 7.23. The lowest BCUT2D eigenvalue weighted by molar-refractivity contribution is 0.590. The van der Waals surface area contributed by atoms with Gasteiger partial charge in [-0.25, -0.2) is 9.37 Å². The third-order valence-corrected chi connectivity index (χ3v) is 4.96. The summed E-state index contributed by atoms with van der Waals surface area (Å²) < 4.78 is 13.1. The van der Waals surface area contributed by atoms with Crippen molar-refractivity contribution in [1.29, 1.82) is 5.26 Å². The van der Waals surface area contributed by atoms with Crippen molar-refractivity contribution in [1.82, 2.24) is 4.98 Å². The number of benzene rings is 2. The van der Waals surface area contributed by atoms with Crippen LogP contribution in [0.25, 0.3) is 22.9 Å². The van der Waals surface area contributed by atoms with Gasteiger partial charge >= 0.3 is 0 Å². The molecule has 2 nitrogen and oxygen atoms in total. The van der Waals surface area contributed by atoms with Crippen molar-refractivity contribution in [2.24, 2.45) is 0 Å². The van der Waals surface area contributed by atoms with Gasteiger partial charge in [0.05, 0.1) is 11.3 Å². The van der Waals surface area contributed by atoms with Crippen molar-refractivity contribution >= 4 is 23.0 Å². The summed E-state index contributed by atoms with van der Waals surface area (Å²) in [6.45, 7) is 6.52. The fourth-order valence-corrected chi connectivity index (χ4v) is 3.33. The second-order valence-corrected chi connectivity index (χ2v) is 7.94. The second-order valence-electron chi connectivity index (χ2n) is 7.09. The zero-order chi connectivity index (χ0) is 18.7. The fourth-order valence-electron chi connectivity index (χ4n) is 2.54. The molecule has 2 aromatic carbocycles. The van der Waals surface area contributed by atoms with Gasteiger partial charge in [0, 0.05) is 10.9 Å². The summed E-state index contributed by atoms with van der Waals surface area (Å²) in [6, 6.07) is 16.7. The maximum Gasteiger partial charge on any atom is 0.134 e. The first kappa shape index (κ1) is 18.0. The third kappa shape index (κ3) is 4.07. The standard InChI is InChI=1S/C22H19FN2S/c1-22(2,3)18-8-4-15(5-9-18)12-17(13-24)21-25-20(14-26-21)16-6-10-19(23)11-7-16/h4-12,14H,1-3H3/b17-12+. The summed E-state index contributed by atoms with van der Waals surface area (Å²) in [5.74, 6) is -0.277. The van der Waals surface area contributed by atoms with E-state index in [1.54, 1.807) is 12.1 Å². The Morgan fingerprint density at radius 2 is 1.73 bits per heavy atom. The van der Waals surface area contributed by atoms with Gasteiger partial charge in [0.1, 0.15) is 16.9 Å². The van der Waals surface area contributed by atoms with E-state index >= 15 is 0 Å². The lowest BCUT2D eigenvalue weighted by atomic mass is 9.86. The molecule has 0 saturated heterocycles. The SMILES string of the molecule is CC(C)(C)c1ccc(/C=C(\C#N)c2nc(-c3ccc(F)cc3)cs2)cc1. The zero-order valence-corrected chi connectivity index (χ0v) is 15.8. The topological polar surface area (TPSA) is 36.7 Å². The van der Waals surface area contributed by atoms with E-state index in [0.29, 0.717) is 10.6 Å². The molecular formula is C22H19FN2S. The van der Waals surface area contributed by atoms with Crippen LogP contribution in [0, 0.1) is 17.1 Å². The molecule has 130 valence electrons. The Morgan fingerprint density at radius 1 is 1.08 bits per heavy atom. The van der Waals surface area contributed by atoms with Crippen LogP contribution in [0.3, 0.4) is 0 Å². The maximum atomic E-state index is 13.1. The van der Waals surface area contributed by atoms with Crippen LogP contribution in [0.1, 0.15) is 36.9 Å². The van der Waals surface area contributed by atoms with Crippen LogP contribution in [0.5, 0.6) is 0 Å². The van der Waals surface area contributed by atoms with E-state index in [1.807, 2.05) is 23.6 Å². The monoisotopic (exact) mass is 362 g/mol. The van der Waals surface area contributed by atoms with Crippen LogP contribution in [-0.4, -0.2) is 4.98 Å². The Kier molecular flexibility index (Phi) is 5.01. The molecule has 26 heavy (non-hydrogen) atoms. The highest BCUT2D eigenvalue weighted by molar-refractivity contribution is 7.11. The van der Waals surface area contributed by atoms with Gasteiger partial charge in [-0.2, -0.15) is 5.26 Å². The summed E-state index contributed by atoms with van der Waals surface area (Å²) in [5.41, 5.74) is 4.41. The van der Waals surface area contributed by atoms with Gasteiger partial charge in [-0.3, -0.25) is 0 Å². The van der Waals surface area contributed by atoms with Crippen LogP contribution in [0.4, 0.5) is 4.39 Å². The zero-order valence-electron chi connectivity index (χ0n) is 15.0. The number of aromatic nitrogens is 1. The summed E-state index contributed by atoms with van der Waals surface area (Å²) in [5, 5.41) is 12.1. The third-order valence-electron chi connectivity index (χ3n) is 4.08. The van der Waals surface area contributed by atoms with Crippen LogP contribution in [-0.2, 0) is 5.41 Å². The van der Waals surface area contributed by atoms with Crippen molar-refractivity contribution in [3.63, 3.8) is 0 Å². The van der Waals surface area contributed by atoms with E-state index in [0.717, 1.165) is 16.8 Å². The number of rotatable bonds is 3. The van der Waals surface area contributed by atoms with Gasteiger partial charge in [0.15, 0.2) is 0 Å². The molecule has 0 N–H and O–H groups in total. The molecule has 0 atom stereocenters. The Morgan fingerprint density at radius 3 is 2.31 bits per heavy atom. The molecule has 0 fully saturated rings. The Labute approximate surface area is 157 Å². The molecule has 0 saturated carbocycles. The van der Waals surface area contributed by atoms with Crippen LogP contribution in [0.2, 0.25) is 0 Å². The normalized spacial score (nSPS) is 12.0. The summed E-state index contributed by atoms with van der Waals surface area (Å²) in [6.07, 6.45) is 1.85. The molecule has 0 spiro atoms. The van der Waals surface area contributed by atoms with E-state index in [9.17, 15) is 9.65 Å². The van der Waals surface area contributed by atoms with Crippen molar-refractivity contribution in [2.45, 2.75) is 26.2 Å².